The highest BCUT2D eigenvalue weighted by atomic mass is 35.5. The van der Waals surface area contributed by atoms with E-state index in [4.69, 9.17) is 16.3 Å². The van der Waals surface area contributed by atoms with E-state index >= 15 is 0 Å². The van der Waals surface area contributed by atoms with Crippen LogP contribution in [-0.2, 0) is 11.3 Å². The fraction of sp³-hybridized carbons (Fsp3) is 0.500. The molecule has 13 heavy (non-hydrogen) atoms. The lowest BCUT2D eigenvalue weighted by Gasteiger charge is -1.88. The number of aromatic nitrogens is 2. The minimum Gasteiger partial charge on any atom is -0.371 e. The smallest absolute Gasteiger partial charge is 0.371 e. The molecule has 7 heteroatoms. The molecule has 0 saturated carbocycles. The number of nitro groups is 1. The van der Waals surface area contributed by atoms with E-state index in [1.807, 2.05) is 0 Å². The van der Waals surface area contributed by atoms with E-state index in [1.165, 1.54) is 10.9 Å². The molecule has 0 aromatic carbocycles. The van der Waals surface area contributed by atoms with Crippen LogP contribution in [-0.4, -0.2) is 27.4 Å². The van der Waals surface area contributed by atoms with Crippen LogP contribution in [0.2, 0.25) is 5.02 Å². The molecule has 0 aliphatic carbocycles. The summed E-state index contributed by atoms with van der Waals surface area (Å²) in [6.07, 6.45) is 1.57. The number of ether oxygens (including phenoxy) is 1. The lowest BCUT2D eigenvalue weighted by atomic mass is 10.5. The van der Waals surface area contributed by atoms with Gasteiger partial charge in [-0.2, -0.15) is 4.68 Å². The Labute approximate surface area is 78.2 Å². The van der Waals surface area contributed by atoms with Crippen molar-refractivity contribution in [2.45, 2.75) is 12.6 Å². The lowest BCUT2D eigenvalue weighted by Crippen LogP contribution is -2.04. The second-order valence-corrected chi connectivity index (χ2v) is 3.14. The first-order chi connectivity index (χ1) is 6.16. The molecule has 0 radical (unpaired) electrons. The standard InChI is InChI=1S/C6H6ClN3O3/c7-5-2-9(1-4-3-13-4)8-6(5)10(11)12/h2,4H,1,3H2/t4-/m1/s1. The molecule has 6 nitrogen and oxygen atoms in total. The third-order valence-corrected chi connectivity index (χ3v) is 1.93. The van der Waals surface area contributed by atoms with Gasteiger partial charge in [0.15, 0.2) is 5.02 Å². The fourth-order valence-electron chi connectivity index (χ4n) is 0.986. The summed E-state index contributed by atoms with van der Waals surface area (Å²) in [5.74, 6) is -0.303. The van der Waals surface area contributed by atoms with E-state index in [0.29, 0.717) is 13.2 Å². The van der Waals surface area contributed by atoms with Crippen molar-refractivity contribution in [1.29, 1.82) is 0 Å². The molecule has 0 unspecified atom stereocenters. The first-order valence-corrected chi connectivity index (χ1v) is 4.03. The second-order valence-electron chi connectivity index (χ2n) is 2.74. The largest absolute Gasteiger partial charge is 0.408 e. The minimum atomic E-state index is -0.605. The van der Waals surface area contributed by atoms with Gasteiger partial charge in [-0.15, -0.1) is 0 Å². The predicted molar refractivity (Wildman–Crippen MR) is 43.6 cm³/mol. The number of hydrogen-bond acceptors (Lipinski definition) is 4. The summed E-state index contributed by atoms with van der Waals surface area (Å²) < 4.78 is 6.38. The minimum absolute atomic E-state index is 0.0608. The third kappa shape index (κ3) is 1.78. The first kappa shape index (κ1) is 8.46. The van der Waals surface area contributed by atoms with Crippen LogP contribution in [0, 0.1) is 10.1 Å². The van der Waals surface area contributed by atoms with Crippen LogP contribution in [0.15, 0.2) is 6.20 Å². The number of epoxide rings is 1. The van der Waals surface area contributed by atoms with Gasteiger partial charge in [-0.05, 0) is 4.92 Å². The third-order valence-electron chi connectivity index (χ3n) is 1.67. The first-order valence-electron chi connectivity index (χ1n) is 3.66. The van der Waals surface area contributed by atoms with Crippen molar-refractivity contribution in [2.24, 2.45) is 0 Å². The average molecular weight is 204 g/mol. The Morgan fingerprint density at radius 2 is 2.62 bits per heavy atom. The molecule has 1 aromatic rings. The zero-order valence-corrected chi connectivity index (χ0v) is 7.27. The fourth-order valence-corrected chi connectivity index (χ4v) is 1.21. The molecular weight excluding hydrogens is 198 g/mol. The topological polar surface area (TPSA) is 73.5 Å². The van der Waals surface area contributed by atoms with E-state index < -0.39 is 4.92 Å². The Kier molecular flexibility index (Phi) is 1.93. The summed E-state index contributed by atoms with van der Waals surface area (Å²) >= 11 is 5.58. The highest BCUT2D eigenvalue weighted by Gasteiger charge is 2.27. The van der Waals surface area contributed by atoms with Gasteiger partial charge in [0.2, 0.25) is 0 Å². The maximum atomic E-state index is 10.4. The Morgan fingerprint density at radius 3 is 3.08 bits per heavy atom. The summed E-state index contributed by atoms with van der Waals surface area (Å²) in [5, 5.41) is 14.1. The Bertz CT molecular complexity index is 347. The molecule has 70 valence electrons. The molecule has 2 rings (SSSR count). The van der Waals surface area contributed by atoms with Crippen LogP contribution in [0.1, 0.15) is 0 Å². The second kappa shape index (κ2) is 2.97. The molecule has 1 saturated heterocycles. The molecule has 1 aliphatic rings. The predicted octanol–water partition coefficient (Wildman–Crippen LogP) is 0.843. The monoisotopic (exact) mass is 203 g/mol. The summed E-state index contributed by atoms with van der Waals surface area (Å²) in [6, 6.07) is 0. The van der Waals surface area contributed by atoms with Gasteiger partial charge in [0, 0.05) is 0 Å². The van der Waals surface area contributed by atoms with Gasteiger partial charge in [0.25, 0.3) is 0 Å². The van der Waals surface area contributed by atoms with Gasteiger partial charge in [0.1, 0.15) is 6.10 Å². The number of hydrogen-bond donors (Lipinski definition) is 0. The van der Waals surface area contributed by atoms with Gasteiger partial charge in [-0.25, -0.2) is 0 Å². The van der Waals surface area contributed by atoms with Gasteiger partial charge in [-0.1, -0.05) is 11.6 Å². The van der Waals surface area contributed by atoms with Crippen molar-refractivity contribution >= 4 is 17.4 Å². The van der Waals surface area contributed by atoms with Crippen LogP contribution in [0.3, 0.4) is 0 Å². The number of nitrogens with zero attached hydrogens (tertiary/aromatic N) is 3. The molecule has 1 atom stereocenters. The van der Waals surface area contributed by atoms with E-state index in [9.17, 15) is 10.1 Å². The number of rotatable bonds is 3. The normalized spacial score (nSPS) is 20.2. The molecular formula is C6H6ClN3O3. The molecule has 1 aromatic heterocycles. The maximum absolute atomic E-state index is 10.4. The molecule has 0 spiro atoms. The van der Waals surface area contributed by atoms with Gasteiger partial charge in [-0.3, -0.25) is 0 Å². The van der Waals surface area contributed by atoms with Gasteiger partial charge < -0.3 is 14.9 Å². The van der Waals surface area contributed by atoms with Crippen LogP contribution in [0.4, 0.5) is 5.82 Å². The highest BCUT2D eigenvalue weighted by molar-refractivity contribution is 6.32. The molecule has 0 amide bonds. The lowest BCUT2D eigenvalue weighted by molar-refractivity contribution is -0.389. The Balaban J connectivity index is 2.18. The Hall–Kier alpha value is -1.14. The molecule has 2 heterocycles. The van der Waals surface area contributed by atoms with Crippen molar-refractivity contribution in [3.63, 3.8) is 0 Å². The highest BCUT2D eigenvalue weighted by Crippen LogP contribution is 2.22. The van der Waals surface area contributed by atoms with Crippen molar-refractivity contribution in [3.8, 4) is 0 Å². The SMILES string of the molecule is O=[N+]([O-])c1nn(C[C@@H]2CO2)cc1Cl. The summed E-state index contributed by atoms with van der Waals surface area (Å²) in [6.45, 7) is 1.21. The Morgan fingerprint density at radius 1 is 1.92 bits per heavy atom. The van der Waals surface area contributed by atoms with Crippen LogP contribution < -0.4 is 0 Å². The van der Waals surface area contributed by atoms with Crippen molar-refractivity contribution < 1.29 is 9.66 Å². The van der Waals surface area contributed by atoms with Gasteiger partial charge in [0.05, 0.1) is 24.4 Å². The molecule has 1 fully saturated rings. The zero-order chi connectivity index (χ0) is 9.42. The van der Waals surface area contributed by atoms with E-state index in [2.05, 4.69) is 5.10 Å². The van der Waals surface area contributed by atoms with E-state index in [0.717, 1.165) is 0 Å². The summed E-state index contributed by atoms with van der Waals surface area (Å²) in [5.41, 5.74) is 0. The van der Waals surface area contributed by atoms with Crippen LogP contribution in [0.5, 0.6) is 0 Å². The molecule has 1 aliphatic heterocycles. The maximum Gasteiger partial charge on any atom is 0.408 e. The van der Waals surface area contributed by atoms with Crippen molar-refractivity contribution in [3.05, 3.63) is 21.3 Å². The van der Waals surface area contributed by atoms with E-state index in [-0.39, 0.29) is 16.9 Å². The van der Waals surface area contributed by atoms with Gasteiger partial charge >= 0.3 is 5.82 Å². The van der Waals surface area contributed by atoms with E-state index in [1.54, 1.807) is 0 Å². The summed E-state index contributed by atoms with van der Waals surface area (Å²) in [4.78, 5) is 9.75. The molecule has 0 N–H and O–H groups in total. The van der Waals surface area contributed by atoms with Crippen LogP contribution in [0.25, 0.3) is 0 Å². The summed E-state index contributed by atoms with van der Waals surface area (Å²) in [7, 11) is 0. The average Bonchev–Trinajstić information content (AvgIpc) is 2.75. The van der Waals surface area contributed by atoms with Crippen molar-refractivity contribution in [2.75, 3.05) is 6.61 Å². The quantitative estimate of drug-likeness (QED) is 0.415. The molecule has 0 bridgehead atoms. The zero-order valence-electron chi connectivity index (χ0n) is 6.51. The van der Waals surface area contributed by atoms with Crippen molar-refractivity contribution in [1.82, 2.24) is 9.78 Å². The number of halogens is 1. The van der Waals surface area contributed by atoms with Crippen LogP contribution >= 0.6 is 11.6 Å².